The summed E-state index contributed by atoms with van der Waals surface area (Å²) in [7, 11) is 0. The third kappa shape index (κ3) is 5.77. The van der Waals surface area contributed by atoms with E-state index in [0.717, 1.165) is 38.7 Å². The molecular formula is C34H34ClNO4. The number of halogens is 1. The predicted molar refractivity (Wildman–Crippen MR) is 161 cm³/mol. The van der Waals surface area contributed by atoms with E-state index >= 15 is 0 Å². The van der Waals surface area contributed by atoms with Crippen LogP contribution in [-0.4, -0.2) is 31.1 Å². The number of amides is 1. The first-order valence-electron chi connectivity index (χ1n) is 13.7. The summed E-state index contributed by atoms with van der Waals surface area (Å²) in [6.45, 7) is 8.67. The molecule has 1 amide bonds. The molecule has 6 heteroatoms. The molecule has 0 spiro atoms. The molecule has 0 fully saturated rings. The smallest absolute Gasteiger partial charge is 0.308 e. The fraction of sp³-hybridized carbons (Fsp3) is 0.294. The molecule has 2 atom stereocenters. The monoisotopic (exact) mass is 555 g/mol. The number of anilines is 1. The quantitative estimate of drug-likeness (QED) is 0.226. The summed E-state index contributed by atoms with van der Waals surface area (Å²) >= 11 is 6.55. The van der Waals surface area contributed by atoms with Gasteiger partial charge in [-0.05, 0) is 58.0 Å². The van der Waals surface area contributed by atoms with Gasteiger partial charge in [0.1, 0.15) is 12.2 Å². The van der Waals surface area contributed by atoms with Crippen LogP contribution in [0.4, 0.5) is 5.69 Å². The zero-order chi connectivity index (χ0) is 28.4. The second-order valence-electron chi connectivity index (χ2n) is 11.3. The molecule has 0 bridgehead atoms. The fourth-order valence-corrected chi connectivity index (χ4v) is 5.57. The van der Waals surface area contributed by atoms with E-state index in [2.05, 4.69) is 51.1 Å². The molecule has 5 rings (SSSR count). The number of rotatable bonds is 6. The van der Waals surface area contributed by atoms with Gasteiger partial charge in [0.25, 0.3) is 5.91 Å². The molecule has 0 aliphatic carbocycles. The Kier molecular flexibility index (Phi) is 7.97. The number of carbonyl (C=O) groups excluding carboxylic acids is 2. The average Bonchev–Trinajstić information content (AvgIpc) is 3.02. The van der Waals surface area contributed by atoms with Gasteiger partial charge in [-0.25, -0.2) is 0 Å². The molecule has 0 unspecified atom stereocenters. The van der Waals surface area contributed by atoms with E-state index in [0.29, 0.717) is 11.6 Å². The highest BCUT2D eigenvalue weighted by Crippen LogP contribution is 2.43. The standard InChI is InChI=1S/C34H34ClNO4/c1-5-39-31(37)20-30-33(38)36(21-34(2,3)4)29-18-17-23(35)19-28(29)32(40-30)27-16-10-14-25-24(13-9-15-26(25)27)22-11-7-6-8-12-22/h6-19,30,32H,5,20-21H2,1-4H3/t30-,32-/m1/s1. The van der Waals surface area contributed by atoms with Crippen molar-refractivity contribution in [3.05, 3.63) is 101 Å². The van der Waals surface area contributed by atoms with Crippen molar-refractivity contribution in [3.63, 3.8) is 0 Å². The van der Waals surface area contributed by atoms with Gasteiger partial charge in [-0.2, -0.15) is 0 Å². The predicted octanol–water partition coefficient (Wildman–Crippen LogP) is 7.98. The van der Waals surface area contributed by atoms with Crippen LogP contribution in [0.1, 0.15) is 51.3 Å². The molecule has 0 radical (unpaired) electrons. The summed E-state index contributed by atoms with van der Waals surface area (Å²) in [6, 6.07) is 28.2. The van der Waals surface area contributed by atoms with E-state index in [1.807, 2.05) is 48.5 Å². The zero-order valence-electron chi connectivity index (χ0n) is 23.3. The molecule has 0 aromatic heterocycles. The second-order valence-corrected chi connectivity index (χ2v) is 11.8. The number of nitrogens with zero attached hydrogens (tertiary/aromatic N) is 1. The zero-order valence-corrected chi connectivity index (χ0v) is 24.1. The Morgan fingerprint density at radius 2 is 1.65 bits per heavy atom. The Morgan fingerprint density at radius 1 is 0.925 bits per heavy atom. The minimum atomic E-state index is -1.02. The molecule has 4 aromatic rings. The van der Waals surface area contributed by atoms with Crippen LogP contribution in [0.15, 0.2) is 84.9 Å². The van der Waals surface area contributed by atoms with E-state index < -0.39 is 18.2 Å². The lowest BCUT2D eigenvalue weighted by atomic mass is 9.90. The van der Waals surface area contributed by atoms with Crippen molar-refractivity contribution < 1.29 is 19.1 Å². The Labute approximate surface area is 240 Å². The van der Waals surface area contributed by atoms with Crippen LogP contribution in [0.25, 0.3) is 21.9 Å². The Balaban J connectivity index is 1.72. The SMILES string of the molecule is CCOC(=O)C[C@H]1O[C@H](c2cccc3c(-c4ccccc4)cccc23)c2cc(Cl)ccc2N(CC(C)(C)C)C1=O. The summed E-state index contributed by atoms with van der Waals surface area (Å²) < 4.78 is 11.9. The molecule has 5 nitrogen and oxygen atoms in total. The third-order valence-electron chi connectivity index (χ3n) is 7.02. The molecule has 4 aromatic carbocycles. The van der Waals surface area contributed by atoms with Crippen molar-refractivity contribution in [3.8, 4) is 11.1 Å². The Bertz CT molecular complexity index is 1540. The first-order valence-corrected chi connectivity index (χ1v) is 14.0. The van der Waals surface area contributed by atoms with Gasteiger partial charge in [-0.3, -0.25) is 9.59 Å². The van der Waals surface area contributed by atoms with Crippen LogP contribution in [0, 0.1) is 5.41 Å². The lowest BCUT2D eigenvalue weighted by Crippen LogP contribution is -2.44. The van der Waals surface area contributed by atoms with Crippen LogP contribution in [0.3, 0.4) is 0 Å². The largest absolute Gasteiger partial charge is 0.466 e. The van der Waals surface area contributed by atoms with Crippen LogP contribution < -0.4 is 4.90 Å². The highest BCUT2D eigenvalue weighted by atomic mass is 35.5. The minimum absolute atomic E-state index is 0.175. The molecular weight excluding hydrogens is 522 g/mol. The molecule has 206 valence electrons. The number of benzene rings is 4. The highest BCUT2D eigenvalue weighted by molar-refractivity contribution is 6.30. The van der Waals surface area contributed by atoms with Gasteiger partial charge in [0.05, 0.1) is 13.0 Å². The summed E-state index contributed by atoms with van der Waals surface area (Å²) in [5.74, 6) is -0.733. The van der Waals surface area contributed by atoms with Crippen LogP contribution in [0.5, 0.6) is 0 Å². The van der Waals surface area contributed by atoms with Crippen molar-refractivity contribution >= 4 is 39.9 Å². The Hall–Kier alpha value is -3.67. The number of hydrogen-bond donors (Lipinski definition) is 0. The summed E-state index contributed by atoms with van der Waals surface area (Å²) in [6.07, 6.45) is -1.84. The summed E-state index contributed by atoms with van der Waals surface area (Å²) in [5, 5.41) is 2.62. The summed E-state index contributed by atoms with van der Waals surface area (Å²) in [4.78, 5) is 28.4. The van der Waals surface area contributed by atoms with E-state index in [-0.39, 0.29) is 24.3 Å². The van der Waals surface area contributed by atoms with E-state index in [4.69, 9.17) is 21.1 Å². The van der Waals surface area contributed by atoms with Crippen molar-refractivity contribution in [2.75, 3.05) is 18.1 Å². The fourth-order valence-electron chi connectivity index (χ4n) is 5.39. The van der Waals surface area contributed by atoms with E-state index in [9.17, 15) is 9.59 Å². The molecule has 1 heterocycles. The third-order valence-corrected chi connectivity index (χ3v) is 7.25. The first kappa shape index (κ1) is 27.9. The first-order chi connectivity index (χ1) is 19.2. The number of fused-ring (bicyclic) bond motifs is 2. The van der Waals surface area contributed by atoms with Gasteiger partial charge in [0.15, 0.2) is 0 Å². The molecule has 0 N–H and O–H groups in total. The minimum Gasteiger partial charge on any atom is -0.466 e. The maximum absolute atomic E-state index is 14.1. The van der Waals surface area contributed by atoms with E-state index in [1.165, 1.54) is 0 Å². The highest BCUT2D eigenvalue weighted by Gasteiger charge is 2.39. The molecule has 1 aliphatic heterocycles. The van der Waals surface area contributed by atoms with Gasteiger partial charge >= 0.3 is 5.97 Å². The number of carbonyl (C=O) groups is 2. The molecule has 1 aliphatic rings. The van der Waals surface area contributed by atoms with Crippen LogP contribution in [-0.2, 0) is 19.1 Å². The van der Waals surface area contributed by atoms with Crippen molar-refractivity contribution in [1.82, 2.24) is 0 Å². The number of ether oxygens (including phenoxy) is 2. The summed E-state index contributed by atoms with van der Waals surface area (Å²) in [5.41, 5.74) is 4.44. The topological polar surface area (TPSA) is 55.8 Å². The number of hydrogen-bond acceptors (Lipinski definition) is 4. The molecule has 0 saturated carbocycles. The maximum atomic E-state index is 14.1. The van der Waals surface area contributed by atoms with Gasteiger partial charge < -0.3 is 14.4 Å². The van der Waals surface area contributed by atoms with Crippen molar-refractivity contribution in [1.29, 1.82) is 0 Å². The van der Waals surface area contributed by atoms with Gasteiger partial charge in [-0.1, -0.05) is 99.1 Å². The maximum Gasteiger partial charge on any atom is 0.308 e. The average molecular weight is 556 g/mol. The lowest BCUT2D eigenvalue weighted by molar-refractivity contribution is -0.151. The second kappa shape index (κ2) is 11.4. The van der Waals surface area contributed by atoms with Crippen LogP contribution >= 0.6 is 11.6 Å². The van der Waals surface area contributed by atoms with Gasteiger partial charge in [0.2, 0.25) is 0 Å². The lowest BCUT2D eigenvalue weighted by Gasteiger charge is -2.31. The van der Waals surface area contributed by atoms with Crippen LogP contribution in [0.2, 0.25) is 5.02 Å². The van der Waals surface area contributed by atoms with E-state index in [1.54, 1.807) is 17.9 Å². The van der Waals surface area contributed by atoms with Gasteiger partial charge in [-0.15, -0.1) is 0 Å². The Morgan fingerprint density at radius 3 is 2.38 bits per heavy atom. The number of esters is 1. The van der Waals surface area contributed by atoms with Gasteiger partial charge in [0, 0.05) is 22.8 Å². The van der Waals surface area contributed by atoms with Crippen molar-refractivity contribution in [2.45, 2.75) is 46.3 Å². The normalized spacial score (nSPS) is 17.4. The van der Waals surface area contributed by atoms with Crippen molar-refractivity contribution in [2.24, 2.45) is 5.41 Å². The molecule has 0 saturated heterocycles. The molecule has 40 heavy (non-hydrogen) atoms.